The molecule has 6 heteroatoms. The van der Waals surface area contributed by atoms with Crippen LogP contribution in [0.15, 0.2) is 36.4 Å². The number of rotatable bonds is 11. The van der Waals surface area contributed by atoms with Gasteiger partial charge in [0.15, 0.2) is 0 Å². The molecule has 3 rings (SSSR count). The van der Waals surface area contributed by atoms with Gasteiger partial charge in [0.05, 0.1) is 13.7 Å². The van der Waals surface area contributed by atoms with Crippen LogP contribution in [0.2, 0.25) is 0 Å². The maximum atomic E-state index is 12.0. The molecule has 218 valence electrons. The third kappa shape index (κ3) is 8.12. The first kappa shape index (κ1) is 31.3. The Labute approximate surface area is 239 Å². The van der Waals surface area contributed by atoms with E-state index < -0.39 is 11.6 Å². The van der Waals surface area contributed by atoms with Gasteiger partial charge in [0.25, 0.3) is 0 Å². The minimum Gasteiger partial charge on any atom is -0.496 e. The lowest BCUT2D eigenvalue weighted by atomic mass is 9.62. The zero-order chi connectivity index (χ0) is 29.7. The molecule has 0 amide bonds. The number of hydrogen-bond acceptors (Lipinski definition) is 5. The average Bonchev–Trinajstić information content (AvgIpc) is 2.86. The first-order valence-corrected chi connectivity index (χ1v) is 14.3. The van der Waals surface area contributed by atoms with Crippen LogP contribution in [0.1, 0.15) is 104 Å². The van der Waals surface area contributed by atoms with Gasteiger partial charge in [-0.15, -0.1) is 0 Å². The van der Waals surface area contributed by atoms with Gasteiger partial charge < -0.3 is 19.3 Å². The zero-order valence-corrected chi connectivity index (χ0v) is 25.5. The van der Waals surface area contributed by atoms with E-state index in [9.17, 15) is 9.59 Å². The summed E-state index contributed by atoms with van der Waals surface area (Å²) in [7, 11) is 1.64. The van der Waals surface area contributed by atoms with Crippen LogP contribution in [0.4, 0.5) is 0 Å². The summed E-state index contributed by atoms with van der Waals surface area (Å²) in [5.41, 5.74) is 4.72. The van der Waals surface area contributed by atoms with Crippen LogP contribution in [0.25, 0.3) is 17.2 Å². The molecular weight excluding hydrogens is 504 g/mol. The number of hydrogen-bond donors (Lipinski definition) is 1. The molecule has 2 aromatic rings. The van der Waals surface area contributed by atoms with Crippen molar-refractivity contribution in [3.63, 3.8) is 0 Å². The van der Waals surface area contributed by atoms with E-state index in [4.69, 9.17) is 19.3 Å². The molecule has 1 N–H and O–H groups in total. The van der Waals surface area contributed by atoms with E-state index in [1.807, 2.05) is 39.0 Å². The van der Waals surface area contributed by atoms with Crippen molar-refractivity contribution in [3.05, 3.63) is 53.1 Å². The molecule has 0 aliphatic heterocycles. The van der Waals surface area contributed by atoms with Gasteiger partial charge >= 0.3 is 11.9 Å². The van der Waals surface area contributed by atoms with Crippen molar-refractivity contribution in [2.75, 3.05) is 13.7 Å². The van der Waals surface area contributed by atoms with Gasteiger partial charge in [0, 0.05) is 23.6 Å². The summed E-state index contributed by atoms with van der Waals surface area (Å²) in [5.74, 6) is 0.321. The maximum absolute atomic E-state index is 12.0. The first-order chi connectivity index (χ1) is 18.6. The number of carboxylic acid groups (broad SMARTS) is 1. The van der Waals surface area contributed by atoms with Crippen LogP contribution < -0.4 is 9.47 Å². The van der Waals surface area contributed by atoms with E-state index in [1.54, 1.807) is 13.2 Å². The topological polar surface area (TPSA) is 82.1 Å². The Morgan fingerprint density at radius 3 is 2.12 bits per heavy atom. The number of ether oxygens (including phenoxy) is 3. The second kappa shape index (κ2) is 12.5. The molecule has 2 aromatic carbocycles. The number of carboxylic acids is 1. The zero-order valence-electron chi connectivity index (χ0n) is 25.5. The molecular formula is C34H46O6. The minimum atomic E-state index is -0.995. The van der Waals surface area contributed by atoms with Crippen LogP contribution >= 0.6 is 0 Å². The number of carbonyl (C=O) groups excluding carboxylic acids is 1. The van der Waals surface area contributed by atoms with Crippen molar-refractivity contribution in [2.45, 2.75) is 103 Å². The quantitative estimate of drug-likeness (QED) is 0.173. The summed E-state index contributed by atoms with van der Waals surface area (Å²) < 4.78 is 17.6. The highest BCUT2D eigenvalue weighted by atomic mass is 16.6. The molecule has 0 heterocycles. The molecule has 1 aliphatic carbocycles. The van der Waals surface area contributed by atoms with Crippen molar-refractivity contribution >= 4 is 18.0 Å². The molecule has 40 heavy (non-hydrogen) atoms. The third-order valence-corrected chi connectivity index (χ3v) is 7.59. The maximum Gasteiger partial charge on any atom is 0.328 e. The molecule has 0 radical (unpaired) electrons. The van der Waals surface area contributed by atoms with E-state index in [1.165, 1.54) is 11.1 Å². The highest BCUT2D eigenvalue weighted by molar-refractivity contribution is 5.86. The Kier molecular flexibility index (Phi) is 9.76. The summed E-state index contributed by atoms with van der Waals surface area (Å²) in [4.78, 5) is 23.2. The lowest BCUT2D eigenvalue weighted by Crippen LogP contribution is -2.34. The van der Waals surface area contributed by atoms with E-state index in [-0.39, 0.29) is 16.8 Å². The molecule has 0 unspecified atom stereocenters. The van der Waals surface area contributed by atoms with E-state index in [2.05, 4.69) is 39.8 Å². The molecule has 0 saturated carbocycles. The van der Waals surface area contributed by atoms with E-state index in [0.29, 0.717) is 18.8 Å². The van der Waals surface area contributed by atoms with Crippen LogP contribution in [0.5, 0.6) is 11.5 Å². The summed E-state index contributed by atoms with van der Waals surface area (Å²) in [5, 5.41) is 9.13. The fourth-order valence-corrected chi connectivity index (χ4v) is 5.25. The molecule has 0 bridgehead atoms. The Hall–Kier alpha value is -3.28. The number of fused-ring (bicyclic) bond motifs is 1. The van der Waals surface area contributed by atoms with Crippen molar-refractivity contribution in [3.8, 4) is 22.6 Å². The molecule has 1 aliphatic rings. The van der Waals surface area contributed by atoms with Gasteiger partial charge in [0.1, 0.15) is 17.1 Å². The largest absolute Gasteiger partial charge is 0.496 e. The fourth-order valence-electron chi connectivity index (χ4n) is 5.25. The SMILES string of the molecule is COc1ccc(C=CC(=O)O)cc1-c1cc2c(cc1OCCCCCC(=O)OC(C)(C)C)C(C)(C)CCC2(C)C. The first-order valence-electron chi connectivity index (χ1n) is 14.3. The van der Waals surface area contributed by atoms with Crippen molar-refractivity contribution in [1.29, 1.82) is 0 Å². The number of benzene rings is 2. The van der Waals surface area contributed by atoms with Gasteiger partial charge in [-0.1, -0.05) is 33.8 Å². The highest BCUT2D eigenvalue weighted by Gasteiger charge is 2.38. The molecule has 0 atom stereocenters. The normalized spacial score (nSPS) is 15.9. The summed E-state index contributed by atoms with van der Waals surface area (Å²) in [6.45, 7) is 15.3. The Morgan fingerprint density at radius 2 is 1.52 bits per heavy atom. The molecule has 0 aromatic heterocycles. The number of methoxy groups -OCH3 is 1. The van der Waals surface area contributed by atoms with Crippen molar-refractivity contribution in [2.24, 2.45) is 0 Å². The highest BCUT2D eigenvalue weighted by Crippen LogP contribution is 2.50. The monoisotopic (exact) mass is 550 g/mol. The van der Waals surface area contributed by atoms with E-state index >= 15 is 0 Å². The number of unbranched alkanes of at least 4 members (excludes halogenated alkanes) is 2. The number of carbonyl (C=O) groups is 2. The van der Waals surface area contributed by atoms with Crippen LogP contribution in [0, 0.1) is 0 Å². The standard InChI is InChI=1S/C34H46O6/c1-32(2,3)40-31(37)12-10-9-11-19-39-29-22-27-26(33(4,5)17-18-34(27,6)7)21-25(29)24-20-23(14-16-30(35)36)13-15-28(24)38-8/h13-16,20-22H,9-12,17-19H2,1-8H3,(H,35,36). The lowest BCUT2D eigenvalue weighted by molar-refractivity contribution is -0.155. The summed E-state index contributed by atoms with van der Waals surface area (Å²) in [6.07, 6.45) is 7.73. The van der Waals surface area contributed by atoms with Gasteiger partial charge in [-0.05, 0) is 111 Å². The molecule has 0 spiro atoms. The van der Waals surface area contributed by atoms with Crippen LogP contribution in [-0.4, -0.2) is 36.4 Å². The summed E-state index contributed by atoms with van der Waals surface area (Å²) in [6, 6.07) is 10.1. The molecule has 6 nitrogen and oxygen atoms in total. The molecule has 0 fully saturated rings. The Morgan fingerprint density at radius 1 is 0.900 bits per heavy atom. The van der Waals surface area contributed by atoms with Crippen LogP contribution in [-0.2, 0) is 25.2 Å². The van der Waals surface area contributed by atoms with Gasteiger partial charge in [-0.3, -0.25) is 4.79 Å². The van der Waals surface area contributed by atoms with Gasteiger partial charge in [0.2, 0.25) is 0 Å². The number of esters is 1. The van der Waals surface area contributed by atoms with Crippen molar-refractivity contribution < 1.29 is 28.9 Å². The summed E-state index contributed by atoms with van der Waals surface area (Å²) >= 11 is 0. The second-order valence-electron chi connectivity index (χ2n) is 13.0. The Bertz CT molecular complexity index is 1250. The second-order valence-corrected chi connectivity index (χ2v) is 13.0. The van der Waals surface area contributed by atoms with Crippen LogP contribution in [0.3, 0.4) is 0 Å². The average molecular weight is 551 g/mol. The predicted octanol–water partition coefficient (Wildman–Crippen LogP) is 8.09. The lowest BCUT2D eigenvalue weighted by Gasteiger charge is -2.42. The van der Waals surface area contributed by atoms with Crippen molar-refractivity contribution in [1.82, 2.24) is 0 Å². The fraction of sp³-hybridized carbons (Fsp3) is 0.529. The smallest absolute Gasteiger partial charge is 0.328 e. The molecule has 0 saturated heterocycles. The van der Waals surface area contributed by atoms with Gasteiger partial charge in [-0.2, -0.15) is 0 Å². The van der Waals surface area contributed by atoms with Gasteiger partial charge in [-0.25, -0.2) is 4.79 Å². The Balaban J connectivity index is 1.93. The minimum absolute atomic E-state index is 0.00779. The third-order valence-electron chi connectivity index (χ3n) is 7.59. The predicted molar refractivity (Wildman–Crippen MR) is 160 cm³/mol. The number of aliphatic carboxylic acids is 1. The van der Waals surface area contributed by atoms with E-state index in [0.717, 1.165) is 60.6 Å².